The van der Waals surface area contributed by atoms with Crippen LogP contribution < -0.4 is 4.90 Å². The Morgan fingerprint density at radius 1 is 1.03 bits per heavy atom. The molecule has 1 aromatic carbocycles. The van der Waals surface area contributed by atoms with E-state index in [-0.39, 0.29) is 11.9 Å². The number of carbonyl (C=O) groups is 1. The van der Waals surface area contributed by atoms with Crippen LogP contribution in [0, 0.1) is 0 Å². The van der Waals surface area contributed by atoms with Gasteiger partial charge in [0, 0.05) is 55.6 Å². The Hall–Kier alpha value is -2.71. The second kappa shape index (κ2) is 7.85. The van der Waals surface area contributed by atoms with Crippen LogP contribution in [0.15, 0.2) is 36.7 Å². The van der Waals surface area contributed by atoms with Crippen LogP contribution in [0.4, 0.5) is 5.95 Å². The number of halogens is 2. The van der Waals surface area contributed by atoms with E-state index in [1.165, 1.54) is 0 Å². The lowest BCUT2D eigenvalue weighted by Gasteiger charge is -2.36. The fourth-order valence-corrected chi connectivity index (χ4v) is 4.59. The maximum absolute atomic E-state index is 13.4. The van der Waals surface area contributed by atoms with E-state index in [2.05, 4.69) is 25.1 Å². The van der Waals surface area contributed by atoms with Crippen LogP contribution >= 0.6 is 23.2 Å². The van der Waals surface area contributed by atoms with E-state index in [9.17, 15) is 4.79 Å². The van der Waals surface area contributed by atoms with E-state index in [1.54, 1.807) is 30.6 Å². The summed E-state index contributed by atoms with van der Waals surface area (Å²) in [7, 11) is 0. The van der Waals surface area contributed by atoms with Gasteiger partial charge in [-0.3, -0.25) is 9.36 Å². The van der Waals surface area contributed by atoms with Crippen LogP contribution in [0.2, 0.25) is 10.0 Å². The van der Waals surface area contributed by atoms with Crippen molar-refractivity contribution < 1.29 is 4.79 Å². The molecule has 0 bridgehead atoms. The van der Waals surface area contributed by atoms with Crippen molar-refractivity contribution in [2.24, 2.45) is 0 Å². The molecule has 1 unspecified atom stereocenters. The molecule has 154 valence electrons. The summed E-state index contributed by atoms with van der Waals surface area (Å²) in [5.74, 6) is 2.21. The number of hydrogen-bond acceptors (Lipinski definition) is 6. The number of fused-ring (bicyclic) bond motifs is 1. The Kier molecular flexibility index (Phi) is 5.04. The van der Waals surface area contributed by atoms with Gasteiger partial charge in [0.05, 0.1) is 5.02 Å². The zero-order chi connectivity index (χ0) is 20.7. The SMILES string of the molecule is O=C(C1CCc2nnc(-c3ccc(Cl)cc3Cl)n21)N1CCN(c2ncccn2)CC1. The fraction of sp³-hybridized carbons (Fsp3) is 0.350. The van der Waals surface area contributed by atoms with E-state index in [1.807, 2.05) is 15.5 Å². The van der Waals surface area contributed by atoms with E-state index in [4.69, 9.17) is 23.2 Å². The van der Waals surface area contributed by atoms with Crippen LogP contribution in [-0.2, 0) is 11.2 Å². The molecule has 0 spiro atoms. The summed E-state index contributed by atoms with van der Waals surface area (Å²) in [5.41, 5.74) is 0.727. The van der Waals surface area contributed by atoms with E-state index < -0.39 is 0 Å². The maximum Gasteiger partial charge on any atom is 0.245 e. The lowest BCUT2D eigenvalue weighted by molar-refractivity contribution is -0.134. The Morgan fingerprint density at radius 2 is 1.80 bits per heavy atom. The molecule has 1 fully saturated rings. The highest BCUT2D eigenvalue weighted by molar-refractivity contribution is 6.36. The third-order valence-corrected chi connectivity index (χ3v) is 6.15. The fourth-order valence-electron chi connectivity index (χ4n) is 4.10. The maximum atomic E-state index is 13.4. The number of rotatable bonds is 3. The molecule has 2 aliphatic heterocycles. The van der Waals surface area contributed by atoms with Gasteiger partial charge in [0.1, 0.15) is 11.9 Å². The van der Waals surface area contributed by atoms with Gasteiger partial charge in [-0.2, -0.15) is 0 Å². The smallest absolute Gasteiger partial charge is 0.245 e. The van der Waals surface area contributed by atoms with Crippen molar-refractivity contribution in [3.63, 3.8) is 0 Å². The van der Waals surface area contributed by atoms with Gasteiger partial charge < -0.3 is 9.80 Å². The predicted molar refractivity (Wildman–Crippen MR) is 114 cm³/mol. The van der Waals surface area contributed by atoms with Gasteiger partial charge in [0.15, 0.2) is 5.82 Å². The zero-order valence-electron chi connectivity index (χ0n) is 16.1. The number of carbonyl (C=O) groups excluding carboxylic acids is 1. The second-order valence-electron chi connectivity index (χ2n) is 7.35. The highest BCUT2D eigenvalue weighted by Crippen LogP contribution is 2.36. The number of anilines is 1. The first-order chi connectivity index (χ1) is 14.6. The molecular formula is C20H19Cl2N7O. The van der Waals surface area contributed by atoms with Crippen molar-refractivity contribution in [3.05, 3.63) is 52.5 Å². The molecule has 3 aromatic rings. The van der Waals surface area contributed by atoms with Crippen LogP contribution in [0.3, 0.4) is 0 Å². The van der Waals surface area contributed by atoms with Crippen molar-refractivity contribution in [2.45, 2.75) is 18.9 Å². The summed E-state index contributed by atoms with van der Waals surface area (Å²) in [5, 5.41) is 9.66. The van der Waals surface area contributed by atoms with Crippen molar-refractivity contribution in [1.29, 1.82) is 0 Å². The minimum atomic E-state index is -0.323. The molecule has 0 aliphatic carbocycles. The Balaban J connectivity index is 1.35. The van der Waals surface area contributed by atoms with Gasteiger partial charge in [0.2, 0.25) is 11.9 Å². The molecule has 1 atom stereocenters. The number of aromatic nitrogens is 5. The van der Waals surface area contributed by atoms with Crippen LogP contribution in [0.5, 0.6) is 0 Å². The summed E-state index contributed by atoms with van der Waals surface area (Å²) in [4.78, 5) is 26.0. The van der Waals surface area contributed by atoms with Gasteiger partial charge in [-0.15, -0.1) is 10.2 Å². The highest BCUT2D eigenvalue weighted by atomic mass is 35.5. The molecule has 1 saturated heterocycles. The average molecular weight is 444 g/mol. The topological polar surface area (TPSA) is 80.0 Å². The molecule has 0 radical (unpaired) electrons. The number of benzene rings is 1. The third kappa shape index (κ3) is 3.40. The summed E-state index contributed by atoms with van der Waals surface area (Å²) in [6.07, 6.45) is 4.89. The Bertz CT molecular complexity index is 1080. The van der Waals surface area contributed by atoms with Crippen molar-refractivity contribution in [3.8, 4) is 11.4 Å². The largest absolute Gasteiger partial charge is 0.337 e. The molecule has 0 N–H and O–H groups in total. The normalized spacial score (nSPS) is 18.5. The van der Waals surface area contributed by atoms with Gasteiger partial charge >= 0.3 is 0 Å². The summed E-state index contributed by atoms with van der Waals surface area (Å²) >= 11 is 12.4. The summed E-state index contributed by atoms with van der Waals surface area (Å²) in [6.45, 7) is 2.66. The Morgan fingerprint density at radius 3 is 2.53 bits per heavy atom. The molecule has 1 amide bonds. The zero-order valence-corrected chi connectivity index (χ0v) is 17.6. The van der Waals surface area contributed by atoms with Gasteiger partial charge in [-0.1, -0.05) is 23.2 Å². The molecule has 4 heterocycles. The van der Waals surface area contributed by atoms with E-state index in [0.29, 0.717) is 60.8 Å². The quantitative estimate of drug-likeness (QED) is 0.618. The molecule has 2 aliphatic rings. The number of piperazine rings is 1. The lowest BCUT2D eigenvalue weighted by atomic mass is 10.1. The van der Waals surface area contributed by atoms with E-state index >= 15 is 0 Å². The third-order valence-electron chi connectivity index (χ3n) is 5.60. The number of hydrogen-bond donors (Lipinski definition) is 0. The Labute approximate surface area is 183 Å². The molecule has 30 heavy (non-hydrogen) atoms. The van der Waals surface area contributed by atoms with Crippen molar-refractivity contribution in [1.82, 2.24) is 29.6 Å². The van der Waals surface area contributed by atoms with Gasteiger partial charge in [-0.25, -0.2) is 9.97 Å². The average Bonchev–Trinajstić information content (AvgIpc) is 3.37. The first-order valence-electron chi connectivity index (χ1n) is 9.82. The number of amides is 1. The van der Waals surface area contributed by atoms with Crippen molar-refractivity contribution >= 4 is 35.1 Å². The first kappa shape index (κ1) is 19.3. The van der Waals surface area contributed by atoms with Gasteiger partial charge in [0.25, 0.3) is 0 Å². The number of nitrogens with zero attached hydrogens (tertiary/aromatic N) is 7. The molecule has 0 saturated carbocycles. The molecular weight excluding hydrogens is 425 g/mol. The lowest BCUT2D eigenvalue weighted by Crippen LogP contribution is -2.50. The van der Waals surface area contributed by atoms with Crippen LogP contribution in [0.25, 0.3) is 11.4 Å². The minimum Gasteiger partial charge on any atom is -0.337 e. The molecule has 2 aromatic heterocycles. The monoisotopic (exact) mass is 443 g/mol. The predicted octanol–water partition coefficient (Wildman–Crippen LogP) is 2.88. The van der Waals surface area contributed by atoms with Crippen molar-refractivity contribution in [2.75, 3.05) is 31.1 Å². The second-order valence-corrected chi connectivity index (χ2v) is 8.19. The first-order valence-corrected chi connectivity index (χ1v) is 10.6. The van der Waals surface area contributed by atoms with Gasteiger partial charge in [-0.05, 0) is 30.7 Å². The molecule has 8 nitrogen and oxygen atoms in total. The summed E-state index contributed by atoms with van der Waals surface area (Å²) in [6, 6.07) is 6.74. The van der Waals surface area contributed by atoms with E-state index in [0.717, 1.165) is 11.4 Å². The molecule has 5 rings (SSSR count). The minimum absolute atomic E-state index is 0.0912. The number of aryl methyl sites for hydroxylation is 1. The molecule has 10 heteroatoms. The highest BCUT2D eigenvalue weighted by Gasteiger charge is 2.36. The van der Waals surface area contributed by atoms with Crippen LogP contribution in [-0.4, -0.2) is 61.7 Å². The summed E-state index contributed by atoms with van der Waals surface area (Å²) < 4.78 is 1.93. The standard InChI is InChI=1S/C20H19Cl2N7O/c21-13-2-3-14(15(22)12-13)18-26-25-17-5-4-16(29(17)18)19(30)27-8-10-28(11-9-27)20-23-6-1-7-24-20/h1-3,6-7,12,16H,4-5,8-11H2. The van der Waals surface area contributed by atoms with Crippen LogP contribution in [0.1, 0.15) is 18.3 Å².